The van der Waals surface area contributed by atoms with Crippen molar-refractivity contribution >= 4 is 27.9 Å². The summed E-state index contributed by atoms with van der Waals surface area (Å²) in [5, 5.41) is 0.941. The monoisotopic (exact) mass is 297 g/mol. The number of hydrogen-bond donors (Lipinski definition) is 2. The van der Waals surface area contributed by atoms with Crippen LogP contribution >= 0.6 is 11.3 Å². The molecule has 1 aliphatic heterocycles. The molecule has 1 atom stereocenters. The van der Waals surface area contributed by atoms with Gasteiger partial charge in [0, 0.05) is 13.1 Å². The highest BCUT2D eigenvalue weighted by molar-refractivity contribution is 7.19. The third-order valence-electron chi connectivity index (χ3n) is 3.40. The van der Waals surface area contributed by atoms with Gasteiger partial charge in [-0.15, -0.1) is 11.3 Å². The molecule has 1 aromatic rings. The second-order valence-corrected chi connectivity index (χ2v) is 6.70. The lowest BCUT2D eigenvalue weighted by molar-refractivity contribution is 0.100. The Morgan fingerprint density at radius 3 is 2.75 bits per heavy atom. The van der Waals surface area contributed by atoms with Crippen molar-refractivity contribution in [2.24, 2.45) is 11.7 Å². The Morgan fingerprint density at radius 1 is 1.50 bits per heavy atom. The first-order chi connectivity index (χ1) is 9.40. The minimum absolute atomic E-state index is 0.00795. The quantitative estimate of drug-likeness (QED) is 0.894. The van der Waals surface area contributed by atoms with Gasteiger partial charge in [-0.1, -0.05) is 6.92 Å². The smallest absolute Gasteiger partial charge is 0.261 e. The van der Waals surface area contributed by atoms with E-state index in [-0.39, 0.29) is 6.10 Å². The van der Waals surface area contributed by atoms with Gasteiger partial charge in [-0.2, -0.15) is 0 Å². The van der Waals surface area contributed by atoms with Crippen LogP contribution in [0.15, 0.2) is 0 Å². The van der Waals surface area contributed by atoms with E-state index >= 15 is 0 Å². The number of ether oxygens (including phenoxy) is 1. The molecular weight excluding hydrogens is 274 g/mol. The zero-order valence-corrected chi connectivity index (χ0v) is 13.1. The number of nitrogen functional groups attached to an aromatic ring is 1. The summed E-state index contributed by atoms with van der Waals surface area (Å²) in [5.74, 6) is 0.765. The Hall–Kier alpha value is -1.43. The van der Waals surface area contributed by atoms with Crippen molar-refractivity contribution < 1.29 is 9.53 Å². The molecule has 1 unspecified atom stereocenters. The Kier molecular flexibility index (Phi) is 4.42. The maximum absolute atomic E-state index is 11.5. The van der Waals surface area contributed by atoms with Gasteiger partial charge in [-0.05, 0) is 32.6 Å². The van der Waals surface area contributed by atoms with Crippen molar-refractivity contribution in [3.63, 3.8) is 0 Å². The van der Waals surface area contributed by atoms with Gasteiger partial charge in [-0.25, -0.2) is 0 Å². The lowest BCUT2D eigenvalue weighted by atomic mass is 10.0. The summed E-state index contributed by atoms with van der Waals surface area (Å²) in [7, 11) is 0. The lowest BCUT2D eigenvalue weighted by Crippen LogP contribution is -2.34. The van der Waals surface area contributed by atoms with E-state index in [2.05, 4.69) is 11.8 Å². The first-order valence-electron chi connectivity index (χ1n) is 7.03. The number of amides is 1. The first-order valence-corrected chi connectivity index (χ1v) is 7.85. The summed E-state index contributed by atoms with van der Waals surface area (Å²) in [4.78, 5) is 14.2. The Morgan fingerprint density at radius 2 is 2.20 bits per heavy atom. The molecule has 0 radical (unpaired) electrons. The van der Waals surface area contributed by atoms with E-state index in [0.29, 0.717) is 22.2 Å². The number of nitrogens with two attached hydrogens (primary N) is 2. The second kappa shape index (κ2) is 5.91. The number of anilines is 2. The molecule has 1 aliphatic rings. The van der Waals surface area contributed by atoms with E-state index in [1.807, 2.05) is 13.8 Å². The van der Waals surface area contributed by atoms with Gasteiger partial charge >= 0.3 is 0 Å². The highest BCUT2D eigenvalue weighted by Crippen LogP contribution is 2.46. The lowest BCUT2D eigenvalue weighted by Gasteiger charge is -2.32. The summed E-state index contributed by atoms with van der Waals surface area (Å²) < 4.78 is 5.83. The summed E-state index contributed by atoms with van der Waals surface area (Å²) in [5.41, 5.74) is 11.8. The Bertz CT molecular complexity index is 499. The van der Waals surface area contributed by atoms with Gasteiger partial charge in [0.25, 0.3) is 5.91 Å². The summed E-state index contributed by atoms with van der Waals surface area (Å²) in [6.07, 6.45) is 2.39. The molecule has 1 saturated heterocycles. The molecule has 0 saturated carbocycles. The maximum atomic E-state index is 11.5. The van der Waals surface area contributed by atoms with E-state index in [4.69, 9.17) is 16.2 Å². The Balaban J connectivity index is 2.39. The first kappa shape index (κ1) is 15.0. The van der Waals surface area contributed by atoms with Crippen LogP contribution in [0.1, 0.15) is 43.3 Å². The van der Waals surface area contributed by atoms with Crippen LogP contribution < -0.4 is 21.1 Å². The highest BCUT2D eigenvalue weighted by atomic mass is 32.1. The number of carbonyl (C=O) groups excluding carboxylic acids is 1. The third kappa shape index (κ3) is 3.00. The predicted molar refractivity (Wildman–Crippen MR) is 83.6 cm³/mol. The fourth-order valence-electron chi connectivity index (χ4n) is 2.53. The normalized spacial score (nSPS) is 19.4. The molecule has 1 aromatic heterocycles. The van der Waals surface area contributed by atoms with Crippen molar-refractivity contribution in [1.29, 1.82) is 0 Å². The zero-order chi connectivity index (χ0) is 14.9. The molecule has 0 bridgehead atoms. The number of thiophene rings is 1. The molecule has 5 nitrogen and oxygen atoms in total. The van der Waals surface area contributed by atoms with Crippen molar-refractivity contribution in [2.75, 3.05) is 23.7 Å². The summed E-state index contributed by atoms with van der Waals surface area (Å²) in [6, 6.07) is 0. The topological polar surface area (TPSA) is 81.6 Å². The van der Waals surface area contributed by atoms with Gasteiger partial charge in [-0.3, -0.25) is 4.79 Å². The van der Waals surface area contributed by atoms with Crippen LogP contribution in [-0.4, -0.2) is 25.1 Å². The highest BCUT2D eigenvalue weighted by Gasteiger charge is 2.27. The number of hydrogen-bond acceptors (Lipinski definition) is 5. The van der Waals surface area contributed by atoms with Crippen molar-refractivity contribution in [3.8, 4) is 5.75 Å². The van der Waals surface area contributed by atoms with E-state index < -0.39 is 5.91 Å². The van der Waals surface area contributed by atoms with Crippen LogP contribution in [0.25, 0.3) is 0 Å². The molecule has 2 rings (SSSR count). The molecule has 0 aromatic carbocycles. The number of carbonyl (C=O) groups is 1. The van der Waals surface area contributed by atoms with Gasteiger partial charge in [0.15, 0.2) is 5.75 Å². The average molecular weight is 297 g/mol. The zero-order valence-electron chi connectivity index (χ0n) is 12.3. The number of nitrogens with zero attached hydrogens (tertiary/aromatic N) is 1. The fraction of sp³-hybridized carbons (Fsp3) is 0.643. The molecule has 0 spiro atoms. The number of rotatable bonds is 4. The SMILES string of the molecule is CC1CCCN(c2sc(C(N)=O)c(N)c2OC(C)C)C1. The third-order valence-corrected chi connectivity index (χ3v) is 4.67. The molecule has 0 aliphatic carbocycles. The van der Waals surface area contributed by atoms with Crippen LogP contribution in [-0.2, 0) is 0 Å². The standard InChI is InChI=1S/C14H23N3O2S/c1-8(2)19-11-10(15)12(13(16)18)20-14(11)17-6-4-5-9(3)7-17/h8-9H,4-7,15H2,1-3H3,(H2,16,18). The van der Waals surface area contributed by atoms with Crippen LogP contribution in [0.3, 0.4) is 0 Å². The molecule has 1 fully saturated rings. The van der Waals surface area contributed by atoms with Crippen molar-refractivity contribution in [3.05, 3.63) is 4.88 Å². The molecule has 6 heteroatoms. The number of piperidine rings is 1. The van der Waals surface area contributed by atoms with Crippen LogP contribution in [0.5, 0.6) is 5.75 Å². The van der Waals surface area contributed by atoms with Gasteiger partial charge in [0.05, 0.1) is 6.10 Å². The van der Waals surface area contributed by atoms with Crippen molar-refractivity contribution in [2.45, 2.75) is 39.7 Å². The van der Waals surface area contributed by atoms with E-state index in [0.717, 1.165) is 24.5 Å². The Labute approximate surface area is 123 Å². The molecular formula is C14H23N3O2S. The summed E-state index contributed by atoms with van der Waals surface area (Å²) >= 11 is 1.35. The summed E-state index contributed by atoms with van der Waals surface area (Å²) in [6.45, 7) is 8.07. The maximum Gasteiger partial charge on any atom is 0.261 e. The molecule has 2 heterocycles. The van der Waals surface area contributed by atoms with Crippen LogP contribution in [0.2, 0.25) is 0 Å². The largest absolute Gasteiger partial charge is 0.486 e. The molecule has 20 heavy (non-hydrogen) atoms. The average Bonchev–Trinajstić information content (AvgIpc) is 2.67. The van der Waals surface area contributed by atoms with Crippen molar-refractivity contribution in [1.82, 2.24) is 0 Å². The van der Waals surface area contributed by atoms with E-state index in [9.17, 15) is 4.79 Å². The fourth-order valence-corrected chi connectivity index (χ4v) is 3.57. The molecule has 4 N–H and O–H groups in total. The van der Waals surface area contributed by atoms with Crippen LogP contribution in [0, 0.1) is 5.92 Å². The minimum Gasteiger partial charge on any atom is -0.486 e. The van der Waals surface area contributed by atoms with E-state index in [1.165, 1.54) is 17.8 Å². The number of primary amides is 1. The van der Waals surface area contributed by atoms with Gasteiger partial charge in [0.1, 0.15) is 15.6 Å². The van der Waals surface area contributed by atoms with Crippen LogP contribution in [0.4, 0.5) is 10.7 Å². The van der Waals surface area contributed by atoms with Gasteiger partial charge < -0.3 is 21.1 Å². The van der Waals surface area contributed by atoms with E-state index in [1.54, 1.807) is 0 Å². The second-order valence-electron chi connectivity index (χ2n) is 5.70. The minimum atomic E-state index is -0.489. The molecule has 1 amide bonds. The van der Waals surface area contributed by atoms with Gasteiger partial charge in [0.2, 0.25) is 0 Å². The molecule has 112 valence electrons. The predicted octanol–water partition coefficient (Wildman–Crippen LogP) is 2.45.